The Morgan fingerprint density at radius 1 is 1.65 bits per heavy atom. The van der Waals surface area contributed by atoms with Crippen LogP contribution in [0.3, 0.4) is 0 Å². The van der Waals surface area contributed by atoms with E-state index in [1.54, 1.807) is 17.5 Å². The average Bonchev–Trinajstić information content (AvgIpc) is 2.82. The van der Waals surface area contributed by atoms with E-state index in [2.05, 4.69) is 9.88 Å². The molecule has 94 valence electrons. The first kappa shape index (κ1) is 12.5. The SMILES string of the molecule is CC(c1nccs1)N1CCCCC1(C)C(=O)O. The van der Waals surface area contributed by atoms with Gasteiger partial charge in [-0.1, -0.05) is 0 Å². The number of likely N-dealkylation sites (tertiary alicyclic amines) is 1. The van der Waals surface area contributed by atoms with Crippen molar-refractivity contribution >= 4 is 17.3 Å². The van der Waals surface area contributed by atoms with Gasteiger partial charge in [0.05, 0.1) is 6.04 Å². The molecule has 0 bridgehead atoms. The minimum absolute atomic E-state index is 0.0800. The summed E-state index contributed by atoms with van der Waals surface area (Å²) in [5.74, 6) is -0.722. The van der Waals surface area contributed by atoms with Crippen molar-refractivity contribution in [1.29, 1.82) is 0 Å². The molecule has 0 radical (unpaired) electrons. The molecule has 0 aliphatic carbocycles. The van der Waals surface area contributed by atoms with E-state index in [-0.39, 0.29) is 6.04 Å². The van der Waals surface area contributed by atoms with E-state index in [9.17, 15) is 9.90 Å². The number of nitrogens with zero attached hydrogens (tertiary/aromatic N) is 2. The number of thiazole rings is 1. The van der Waals surface area contributed by atoms with E-state index in [0.29, 0.717) is 0 Å². The van der Waals surface area contributed by atoms with Crippen LogP contribution in [0, 0.1) is 0 Å². The number of hydrogen-bond acceptors (Lipinski definition) is 4. The zero-order valence-electron chi connectivity index (χ0n) is 10.2. The molecule has 2 unspecified atom stereocenters. The maximum absolute atomic E-state index is 11.5. The summed E-state index contributed by atoms with van der Waals surface area (Å²) < 4.78 is 0. The van der Waals surface area contributed by atoms with Crippen LogP contribution in [0.25, 0.3) is 0 Å². The molecule has 5 heteroatoms. The Hall–Kier alpha value is -0.940. The Labute approximate surface area is 105 Å². The molecule has 1 aliphatic heterocycles. The third-order valence-electron chi connectivity index (χ3n) is 3.68. The van der Waals surface area contributed by atoms with Crippen LogP contribution in [0.1, 0.15) is 44.2 Å². The van der Waals surface area contributed by atoms with Gasteiger partial charge in [0.2, 0.25) is 0 Å². The molecule has 1 N–H and O–H groups in total. The molecule has 17 heavy (non-hydrogen) atoms. The number of piperidine rings is 1. The van der Waals surface area contributed by atoms with Crippen LogP contribution in [0.15, 0.2) is 11.6 Å². The molecule has 0 saturated carbocycles. The molecule has 4 nitrogen and oxygen atoms in total. The smallest absolute Gasteiger partial charge is 0.323 e. The van der Waals surface area contributed by atoms with Gasteiger partial charge in [-0.2, -0.15) is 0 Å². The number of carboxylic acid groups (broad SMARTS) is 1. The second-order valence-electron chi connectivity index (χ2n) is 4.78. The molecule has 2 rings (SSSR count). The summed E-state index contributed by atoms with van der Waals surface area (Å²) in [5.41, 5.74) is -0.747. The number of rotatable bonds is 3. The van der Waals surface area contributed by atoms with E-state index < -0.39 is 11.5 Å². The molecule has 0 spiro atoms. The highest BCUT2D eigenvalue weighted by Crippen LogP contribution is 2.36. The first-order chi connectivity index (χ1) is 8.05. The lowest BCUT2D eigenvalue weighted by Crippen LogP contribution is -2.55. The maximum Gasteiger partial charge on any atom is 0.323 e. The third-order valence-corrected chi connectivity index (χ3v) is 4.63. The van der Waals surface area contributed by atoms with Crippen molar-refractivity contribution in [3.63, 3.8) is 0 Å². The minimum Gasteiger partial charge on any atom is -0.480 e. The van der Waals surface area contributed by atoms with Crippen molar-refractivity contribution < 1.29 is 9.90 Å². The van der Waals surface area contributed by atoms with Gasteiger partial charge in [0.15, 0.2) is 0 Å². The normalized spacial score (nSPS) is 27.9. The molecule has 2 atom stereocenters. The first-order valence-electron chi connectivity index (χ1n) is 5.95. The van der Waals surface area contributed by atoms with Gasteiger partial charge in [-0.05, 0) is 39.7 Å². The van der Waals surface area contributed by atoms with Crippen LogP contribution in [-0.2, 0) is 4.79 Å². The van der Waals surface area contributed by atoms with E-state index in [4.69, 9.17) is 0 Å². The van der Waals surface area contributed by atoms with Crippen LogP contribution >= 0.6 is 11.3 Å². The Kier molecular flexibility index (Phi) is 3.49. The minimum atomic E-state index is -0.747. The fraction of sp³-hybridized carbons (Fsp3) is 0.667. The van der Waals surface area contributed by atoms with Gasteiger partial charge < -0.3 is 5.11 Å². The number of aliphatic carboxylic acids is 1. The molecule has 2 heterocycles. The Balaban J connectivity index is 2.25. The quantitative estimate of drug-likeness (QED) is 0.900. The summed E-state index contributed by atoms with van der Waals surface area (Å²) in [6.07, 6.45) is 4.55. The molecule has 1 aromatic rings. The van der Waals surface area contributed by atoms with Gasteiger partial charge >= 0.3 is 5.97 Å². The molecule has 1 fully saturated rings. The van der Waals surface area contributed by atoms with Crippen molar-refractivity contribution in [2.45, 2.75) is 44.7 Å². The summed E-state index contributed by atoms with van der Waals surface area (Å²) >= 11 is 1.59. The van der Waals surface area contributed by atoms with Crippen LogP contribution in [0.2, 0.25) is 0 Å². The van der Waals surface area contributed by atoms with E-state index in [1.807, 2.05) is 19.2 Å². The second-order valence-corrected chi connectivity index (χ2v) is 5.70. The van der Waals surface area contributed by atoms with Gasteiger partial charge in [0.1, 0.15) is 10.5 Å². The molecule has 1 aliphatic rings. The number of aromatic nitrogens is 1. The van der Waals surface area contributed by atoms with Gasteiger partial charge in [0.25, 0.3) is 0 Å². The fourth-order valence-corrected chi connectivity index (χ4v) is 3.27. The Morgan fingerprint density at radius 2 is 2.41 bits per heavy atom. The van der Waals surface area contributed by atoms with Crippen LogP contribution in [-0.4, -0.2) is 33.0 Å². The number of carboxylic acids is 1. The van der Waals surface area contributed by atoms with Crippen molar-refractivity contribution in [2.75, 3.05) is 6.54 Å². The van der Waals surface area contributed by atoms with Crippen LogP contribution in [0.4, 0.5) is 0 Å². The van der Waals surface area contributed by atoms with E-state index >= 15 is 0 Å². The number of hydrogen-bond donors (Lipinski definition) is 1. The maximum atomic E-state index is 11.5. The predicted molar refractivity (Wildman–Crippen MR) is 67.1 cm³/mol. The highest BCUT2D eigenvalue weighted by atomic mass is 32.1. The largest absolute Gasteiger partial charge is 0.480 e. The Morgan fingerprint density at radius 3 is 3.00 bits per heavy atom. The van der Waals surface area contributed by atoms with Gasteiger partial charge in [-0.15, -0.1) is 11.3 Å². The van der Waals surface area contributed by atoms with Crippen molar-refractivity contribution in [1.82, 2.24) is 9.88 Å². The summed E-state index contributed by atoms with van der Waals surface area (Å²) in [6.45, 7) is 4.72. The lowest BCUT2D eigenvalue weighted by molar-refractivity contribution is -0.155. The fourth-order valence-electron chi connectivity index (χ4n) is 2.57. The molecular formula is C12H18N2O2S. The third kappa shape index (κ3) is 2.21. The monoisotopic (exact) mass is 254 g/mol. The van der Waals surface area contributed by atoms with Crippen molar-refractivity contribution in [3.8, 4) is 0 Å². The standard InChI is InChI=1S/C12H18N2O2S/c1-9(10-13-6-8-17-10)14-7-4-3-5-12(14,2)11(15)16/h6,8-9H,3-5,7H2,1-2H3,(H,15,16). The zero-order valence-corrected chi connectivity index (χ0v) is 11.0. The molecule has 1 saturated heterocycles. The number of carbonyl (C=O) groups is 1. The van der Waals surface area contributed by atoms with E-state index in [0.717, 1.165) is 30.8 Å². The highest BCUT2D eigenvalue weighted by Gasteiger charge is 2.44. The summed E-state index contributed by atoms with van der Waals surface area (Å²) in [5, 5.41) is 12.4. The molecule has 1 aromatic heterocycles. The molecule has 0 amide bonds. The first-order valence-corrected chi connectivity index (χ1v) is 6.83. The Bertz CT molecular complexity index is 393. The summed E-state index contributed by atoms with van der Waals surface area (Å²) in [4.78, 5) is 17.9. The zero-order chi connectivity index (χ0) is 12.5. The molecule has 0 aromatic carbocycles. The summed E-state index contributed by atoms with van der Waals surface area (Å²) in [6, 6.07) is 0.0800. The van der Waals surface area contributed by atoms with Crippen LogP contribution in [0.5, 0.6) is 0 Å². The molecular weight excluding hydrogens is 236 g/mol. The van der Waals surface area contributed by atoms with Gasteiger partial charge in [-0.3, -0.25) is 9.69 Å². The topological polar surface area (TPSA) is 53.4 Å². The average molecular weight is 254 g/mol. The van der Waals surface area contributed by atoms with E-state index in [1.165, 1.54) is 0 Å². The highest BCUT2D eigenvalue weighted by molar-refractivity contribution is 7.09. The lowest BCUT2D eigenvalue weighted by Gasteiger charge is -2.44. The lowest BCUT2D eigenvalue weighted by atomic mass is 9.87. The van der Waals surface area contributed by atoms with Crippen LogP contribution < -0.4 is 0 Å². The van der Waals surface area contributed by atoms with Crippen molar-refractivity contribution in [3.05, 3.63) is 16.6 Å². The predicted octanol–water partition coefficient (Wildman–Crippen LogP) is 2.53. The van der Waals surface area contributed by atoms with Crippen molar-refractivity contribution in [2.24, 2.45) is 0 Å². The summed E-state index contributed by atoms with van der Waals surface area (Å²) in [7, 11) is 0. The van der Waals surface area contributed by atoms with Gasteiger partial charge in [0, 0.05) is 11.6 Å². The van der Waals surface area contributed by atoms with Gasteiger partial charge in [-0.25, -0.2) is 4.98 Å². The second kappa shape index (κ2) is 4.74.